The van der Waals surface area contributed by atoms with Crippen LogP contribution in [-0.4, -0.2) is 43.8 Å². The molecule has 124 valence electrons. The van der Waals surface area contributed by atoms with Gasteiger partial charge in [0.15, 0.2) is 0 Å². The fourth-order valence-electron chi connectivity index (χ4n) is 1.94. The number of nitrogens with zero attached hydrogens (tertiary/aromatic N) is 4. The molecule has 8 heteroatoms. The van der Waals surface area contributed by atoms with Crippen LogP contribution >= 0.6 is 23.4 Å². The van der Waals surface area contributed by atoms with E-state index in [-0.39, 0.29) is 6.61 Å². The van der Waals surface area contributed by atoms with Crippen molar-refractivity contribution in [3.63, 3.8) is 0 Å². The summed E-state index contributed by atoms with van der Waals surface area (Å²) in [5.41, 5.74) is 0.807. The minimum atomic E-state index is -0.634. The van der Waals surface area contributed by atoms with Gasteiger partial charge in [-0.25, -0.2) is 0 Å². The Hall–Kier alpha value is -2.09. The van der Waals surface area contributed by atoms with Crippen molar-refractivity contribution in [2.24, 2.45) is 0 Å². The second kappa shape index (κ2) is 8.14. The molecule has 0 unspecified atom stereocenters. The molecule has 0 amide bonds. The third kappa shape index (κ3) is 4.47. The number of thioether (sulfide) groups is 1. The predicted octanol–water partition coefficient (Wildman–Crippen LogP) is 2.85. The highest BCUT2D eigenvalue weighted by molar-refractivity contribution is 7.99. The zero-order valence-corrected chi connectivity index (χ0v) is 14.2. The van der Waals surface area contributed by atoms with Gasteiger partial charge in [0.1, 0.15) is 12.4 Å². The van der Waals surface area contributed by atoms with Crippen LogP contribution < -0.4 is 4.74 Å². The molecule has 0 spiro atoms. The van der Waals surface area contributed by atoms with Gasteiger partial charge >= 0.3 is 0 Å². The Balaban J connectivity index is 1.55. The topological polar surface area (TPSA) is 73.1 Å². The minimum absolute atomic E-state index is 0.208. The van der Waals surface area contributed by atoms with Crippen molar-refractivity contribution in [1.29, 1.82) is 0 Å². The van der Waals surface area contributed by atoms with Crippen molar-refractivity contribution < 1.29 is 9.84 Å². The van der Waals surface area contributed by atoms with E-state index in [1.54, 1.807) is 16.8 Å². The Labute approximate surface area is 148 Å². The maximum Gasteiger partial charge on any atom is 0.214 e. The van der Waals surface area contributed by atoms with Gasteiger partial charge in [-0.1, -0.05) is 41.6 Å². The number of para-hydroxylation sites is 1. The van der Waals surface area contributed by atoms with E-state index in [1.165, 1.54) is 11.8 Å². The number of ether oxygens (including phenoxy) is 1. The molecule has 6 nitrogen and oxygen atoms in total. The SMILES string of the molecule is O[C@@H](COc1ccccc1)CSc1nnnn1-c1ccc(Cl)cc1. The lowest BCUT2D eigenvalue weighted by atomic mass is 10.3. The van der Waals surface area contributed by atoms with Crippen LogP contribution in [0.15, 0.2) is 59.8 Å². The van der Waals surface area contributed by atoms with E-state index in [4.69, 9.17) is 16.3 Å². The lowest BCUT2D eigenvalue weighted by Gasteiger charge is -2.11. The van der Waals surface area contributed by atoms with Gasteiger partial charge in [-0.2, -0.15) is 4.68 Å². The van der Waals surface area contributed by atoms with E-state index in [9.17, 15) is 5.11 Å². The summed E-state index contributed by atoms with van der Waals surface area (Å²) in [6.45, 7) is 0.208. The zero-order chi connectivity index (χ0) is 16.8. The lowest BCUT2D eigenvalue weighted by Crippen LogP contribution is -2.20. The number of benzene rings is 2. The number of hydrogen-bond acceptors (Lipinski definition) is 6. The van der Waals surface area contributed by atoms with Gasteiger partial charge in [0, 0.05) is 10.8 Å². The van der Waals surface area contributed by atoms with E-state index in [0.717, 1.165) is 11.4 Å². The molecular formula is C16H15ClN4O2S. The molecule has 2 aromatic carbocycles. The van der Waals surface area contributed by atoms with Gasteiger partial charge in [-0.3, -0.25) is 0 Å². The monoisotopic (exact) mass is 362 g/mol. The first-order chi connectivity index (χ1) is 11.7. The van der Waals surface area contributed by atoms with Crippen LogP contribution in [0.4, 0.5) is 0 Å². The molecular weight excluding hydrogens is 348 g/mol. The van der Waals surface area contributed by atoms with Gasteiger partial charge in [0.2, 0.25) is 5.16 Å². The van der Waals surface area contributed by atoms with Gasteiger partial charge in [0.05, 0.1) is 11.8 Å². The first-order valence-corrected chi connectivity index (χ1v) is 8.62. The van der Waals surface area contributed by atoms with Gasteiger partial charge in [-0.05, 0) is 46.8 Å². The van der Waals surface area contributed by atoms with E-state index >= 15 is 0 Å². The van der Waals surface area contributed by atoms with Crippen LogP contribution in [0.5, 0.6) is 5.75 Å². The molecule has 0 saturated heterocycles. The van der Waals surface area contributed by atoms with Gasteiger partial charge in [-0.15, -0.1) is 5.10 Å². The molecule has 0 aliphatic rings. The van der Waals surface area contributed by atoms with Gasteiger partial charge in [0.25, 0.3) is 0 Å². The van der Waals surface area contributed by atoms with Crippen molar-refractivity contribution in [2.75, 3.05) is 12.4 Å². The second-order valence-corrected chi connectivity index (χ2v) is 6.36. The molecule has 3 aromatic rings. The molecule has 0 fully saturated rings. The molecule has 0 radical (unpaired) electrons. The molecule has 1 N–H and O–H groups in total. The van der Waals surface area contributed by atoms with Crippen molar-refractivity contribution in [3.8, 4) is 11.4 Å². The van der Waals surface area contributed by atoms with E-state index in [1.807, 2.05) is 42.5 Å². The molecule has 24 heavy (non-hydrogen) atoms. The molecule has 3 rings (SSSR count). The van der Waals surface area contributed by atoms with E-state index in [2.05, 4.69) is 15.5 Å². The number of hydrogen-bond donors (Lipinski definition) is 1. The Bertz CT molecular complexity index is 767. The third-order valence-corrected chi connectivity index (χ3v) is 4.42. The molecule has 1 atom stereocenters. The minimum Gasteiger partial charge on any atom is -0.491 e. The van der Waals surface area contributed by atoms with Gasteiger partial charge < -0.3 is 9.84 Å². The molecule has 0 aliphatic carbocycles. The van der Waals surface area contributed by atoms with Crippen LogP contribution in [0, 0.1) is 0 Å². The maximum atomic E-state index is 10.1. The van der Waals surface area contributed by atoms with Crippen LogP contribution in [0.1, 0.15) is 0 Å². The van der Waals surface area contributed by atoms with Crippen molar-refractivity contribution >= 4 is 23.4 Å². The standard InChI is InChI=1S/C16H15ClN4O2S/c17-12-6-8-13(9-7-12)21-16(18-19-20-21)24-11-14(22)10-23-15-4-2-1-3-5-15/h1-9,14,22H,10-11H2/t14-/m0/s1. The van der Waals surface area contributed by atoms with Crippen molar-refractivity contribution in [1.82, 2.24) is 20.2 Å². The molecule has 0 aliphatic heterocycles. The average molecular weight is 363 g/mol. The number of aromatic nitrogens is 4. The van der Waals surface area contributed by atoms with Crippen LogP contribution in [0.2, 0.25) is 5.02 Å². The summed E-state index contributed by atoms with van der Waals surface area (Å²) >= 11 is 7.25. The number of rotatable bonds is 7. The molecule has 1 heterocycles. The summed E-state index contributed by atoms with van der Waals surface area (Å²) in [5, 5.41) is 22.9. The Morgan fingerprint density at radius 2 is 1.88 bits per heavy atom. The normalized spacial score (nSPS) is 12.1. The molecule has 0 bridgehead atoms. The number of aliphatic hydroxyl groups is 1. The number of tetrazole rings is 1. The lowest BCUT2D eigenvalue weighted by molar-refractivity contribution is 0.126. The van der Waals surface area contributed by atoms with Crippen LogP contribution in [-0.2, 0) is 0 Å². The molecule has 0 saturated carbocycles. The Morgan fingerprint density at radius 1 is 1.12 bits per heavy atom. The zero-order valence-electron chi connectivity index (χ0n) is 12.6. The maximum absolute atomic E-state index is 10.1. The Morgan fingerprint density at radius 3 is 2.62 bits per heavy atom. The second-order valence-electron chi connectivity index (χ2n) is 4.94. The summed E-state index contributed by atoms with van der Waals surface area (Å²) < 4.78 is 7.13. The highest BCUT2D eigenvalue weighted by Gasteiger charge is 2.12. The first-order valence-electron chi connectivity index (χ1n) is 7.25. The fraction of sp³-hybridized carbons (Fsp3) is 0.188. The number of aliphatic hydroxyl groups excluding tert-OH is 1. The van der Waals surface area contributed by atoms with Crippen LogP contribution in [0.25, 0.3) is 5.69 Å². The fourth-order valence-corrected chi connectivity index (χ4v) is 2.86. The highest BCUT2D eigenvalue weighted by Crippen LogP contribution is 2.20. The number of halogens is 1. The summed E-state index contributed by atoms with van der Waals surface area (Å²) in [6.07, 6.45) is -0.634. The van der Waals surface area contributed by atoms with E-state index in [0.29, 0.717) is 15.9 Å². The van der Waals surface area contributed by atoms with Crippen molar-refractivity contribution in [2.45, 2.75) is 11.3 Å². The summed E-state index contributed by atoms with van der Waals surface area (Å²) in [7, 11) is 0. The highest BCUT2D eigenvalue weighted by atomic mass is 35.5. The smallest absolute Gasteiger partial charge is 0.214 e. The van der Waals surface area contributed by atoms with Crippen LogP contribution in [0.3, 0.4) is 0 Å². The third-order valence-electron chi connectivity index (χ3n) is 3.10. The predicted molar refractivity (Wildman–Crippen MR) is 92.8 cm³/mol. The largest absolute Gasteiger partial charge is 0.491 e. The average Bonchev–Trinajstić information content (AvgIpc) is 3.08. The quantitative estimate of drug-likeness (QED) is 0.651. The van der Waals surface area contributed by atoms with E-state index < -0.39 is 6.10 Å². The summed E-state index contributed by atoms with van der Waals surface area (Å²) in [6, 6.07) is 16.6. The summed E-state index contributed by atoms with van der Waals surface area (Å²) in [4.78, 5) is 0. The Kier molecular flexibility index (Phi) is 5.68. The summed E-state index contributed by atoms with van der Waals surface area (Å²) in [5.74, 6) is 1.15. The van der Waals surface area contributed by atoms with Crippen molar-refractivity contribution in [3.05, 3.63) is 59.6 Å². The first kappa shape index (κ1) is 16.8. The molecule has 1 aromatic heterocycles.